The average molecular weight is 527 g/mol. The number of hydrogen-bond donors (Lipinski definition) is 10. The van der Waals surface area contributed by atoms with Gasteiger partial charge in [-0.15, -0.1) is 0 Å². The maximum atomic E-state index is 13.1. The monoisotopic (exact) mass is 526 g/mol. The summed E-state index contributed by atoms with van der Waals surface area (Å²) in [5.41, 5.74) is 21.6. The lowest BCUT2D eigenvalue weighted by Crippen LogP contribution is -2.58. The third-order valence-corrected chi connectivity index (χ3v) is 5.02. The number of hydrogen-bond acceptors (Lipinski definition) is 9. The first-order valence-electron chi connectivity index (χ1n) is 11.3. The van der Waals surface area contributed by atoms with Crippen LogP contribution in [-0.4, -0.2) is 93.1 Å². The van der Waals surface area contributed by atoms with Crippen LogP contribution in [0.4, 0.5) is 0 Å². The number of aliphatic imine (C=N–C) groups is 1. The number of nitrogens with zero attached hydrogens (tertiary/aromatic N) is 2. The van der Waals surface area contributed by atoms with Crippen molar-refractivity contribution in [3.63, 3.8) is 0 Å². The lowest BCUT2D eigenvalue weighted by molar-refractivity contribution is -0.142. The van der Waals surface area contributed by atoms with Crippen molar-refractivity contribution in [1.82, 2.24) is 25.9 Å². The summed E-state index contributed by atoms with van der Waals surface area (Å²) < 4.78 is 0. The van der Waals surface area contributed by atoms with Crippen LogP contribution in [0.5, 0.6) is 0 Å². The van der Waals surface area contributed by atoms with E-state index >= 15 is 0 Å². The molecule has 0 spiro atoms. The van der Waals surface area contributed by atoms with Crippen molar-refractivity contribution in [1.29, 1.82) is 0 Å². The Labute approximate surface area is 211 Å². The fourth-order valence-corrected chi connectivity index (χ4v) is 3.05. The number of aromatic nitrogens is 2. The predicted octanol–water partition coefficient (Wildman–Crippen LogP) is -4.87. The van der Waals surface area contributed by atoms with Crippen molar-refractivity contribution in [3.05, 3.63) is 18.2 Å². The van der Waals surface area contributed by atoms with Gasteiger partial charge < -0.3 is 54.1 Å². The number of rotatable bonds is 17. The number of aliphatic carboxylic acids is 1. The standard InChI is InChI=1S/C20H34N10O7/c21-11(8-31)16(33)28-12(2-1-5-26-20(23)24)17(34)30-14(6-10-7-25-9-27-10)18(35)29-13(19(36)37)3-4-15(22)32/h7,9,11-14,31H,1-6,8,21H2,(H2,22,32)(H,25,27)(H,28,33)(H,29,35)(H,30,34)(H,36,37)(H4,23,24,26). The lowest BCUT2D eigenvalue weighted by Gasteiger charge is -2.25. The fourth-order valence-electron chi connectivity index (χ4n) is 3.05. The summed E-state index contributed by atoms with van der Waals surface area (Å²) in [6.45, 7) is -0.521. The van der Waals surface area contributed by atoms with Gasteiger partial charge in [0.05, 0.1) is 12.9 Å². The minimum absolute atomic E-state index is 0.0429. The number of imidazole rings is 1. The van der Waals surface area contributed by atoms with Gasteiger partial charge in [0.25, 0.3) is 0 Å². The van der Waals surface area contributed by atoms with Gasteiger partial charge in [-0.05, 0) is 19.3 Å². The Balaban J connectivity index is 3.07. The van der Waals surface area contributed by atoms with E-state index in [0.29, 0.717) is 5.69 Å². The smallest absolute Gasteiger partial charge is 0.326 e. The molecule has 1 heterocycles. The highest BCUT2D eigenvalue weighted by molar-refractivity contribution is 5.94. The second-order valence-electron chi connectivity index (χ2n) is 8.05. The van der Waals surface area contributed by atoms with Gasteiger partial charge in [-0.3, -0.25) is 24.2 Å². The van der Waals surface area contributed by atoms with Crippen LogP contribution in [-0.2, 0) is 30.4 Å². The van der Waals surface area contributed by atoms with Gasteiger partial charge in [0.2, 0.25) is 23.6 Å². The van der Waals surface area contributed by atoms with Crippen molar-refractivity contribution < 1.29 is 34.2 Å². The third-order valence-electron chi connectivity index (χ3n) is 5.02. The molecule has 17 heteroatoms. The first-order valence-corrected chi connectivity index (χ1v) is 11.3. The molecule has 0 aliphatic carbocycles. The van der Waals surface area contributed by atoms with Gasteiger partial charge in [0, 0.05) is 31.3 Å². The van der Waals surface area contributed by atoms with Crippen molar-refractivity contribution in [2.45, 2.75) is 56.3 Å². The molecule has 0 saturated heterocycles. The van der Waals surface area contributed by atoms with E-state index in [1.54, 1.807) is 0 Å². The van der Waals surface area contributed by atoms with Crippen LogP contribution >= 0.6 is 0 Å². The van der Waals surface area contributed by atoms with E-state index in [1.807, 2.05) is 0 Å². The summed E-state index contributed by atoms with van der Waals surface area (Å²) in [6.07, 6.45) is 2.40. The van der Waals surface area contributed by atoms with Crippen molar-refractivity contribution in [3.8, 4) is 0 Å². The van der Waals surface area contributed by atoms with E-state index < -0.39 is 60.4 Å². The quantitative estimate of drug-likeness (QED) is 0.0521. The Morgan fingerprint density at radius 3 is 2.14 bits per heavy atom. The molecule has 4 unspecified atom stereocenters. The topological polar surface area (TPSA) is 307 Å². The summed E-state index contributed by atoms with van der Waals surface area (Å²) in [5, 5.41) is 25.7. The molecule has 17 nitrogen and oxygen atoms in total. The number of carboxylic acid groups (broad SMARTS) is 1. The molecule has 14 N–H and O–H groups in total. The van der Waals surface area contributed by atoms with Gasteiger partial charge in [-0.1, -0.05) is 0 Å². The number of guanidine groups is 1. The van der Waals surface area contributed by atoms with Crippen LogP contribution in [0, 0.1) is 0 Å². The van der Waals surface area contributed by atoms with Crippen LogP contribution in [0.2, 0.25) is 0 Å². The van der Waals surface area contributed by atoms with E-state index in [1.165, 1.54) is 12.5 Å². The molecular weight excluding hydrogens is 492 g/mol. The molecule has 4 atom stereocenters. The summed E-state index contributed by atoms with van der Waals surface area (Å²) in [6, 6.07) is -5.23. The molecule has 0 radical (unpaired) electrons. The predicted molar refractivity (Wildman–Crippen MR) is 129 cm³/mol. The molecule has 0 aromatic carbocycles. The van der Waals surface area contributed by atoms with Crippen LogP contribution < -0.4 is 38.9 Å². The zero-order valence-corrected chi connectivity index (χ0v) is 20.1. The SMILES string of the molecule is NC(=O)CCC(NC(=O)C(Cc1cnc[nH]1)NC(=O)C(CCCN=C(N)N)NC(=O)C(N)CO)C(=O)O. The van der Waals surface area contributed by atoms with Gasteiger partial charge >= 0.3 is 5.97 Å². The van der Waals surface area contributed by atoms with Crippen molar-refractivity contribution in [2.75, 3.05) is 13.2 Å². The second kappa shape index (κ2) is 15.7. The number of carboxylic acids is 1. The van der Waals surface area contributed by atoms with E-state index in [4.69, 9.17) is 28.0 Å². The largest absolute Gasteiger partial charge is 0.480 e. The molecule has 1 aromatic heterocycles. The first-order chi connectivity index (χ1) is 17.4. The molecular formula is C20H34N10O7. The van der Waals surface area contributed by atoms with Crippen molar-refractivity contribution in [2.24, 2.45) is 27.9 Å². The van der Waals surface area contributed by atoms with Gasteiger partial charge in [-0.25, -0.2) is 9.78 Å². The average Bonchev–Trinajstić information content (AvgIpc) is 3.34. The zero-order chi connectivity index (χ0) is 28.0. The lowest BCUT2D eigenvalue weighted by atomic mass is 10.1. The number of H-pyrrole nitrogens is 1. The highest BCUT2D eigenvalue weighted by Crippen LogP contribution is 2.06. The normalized spacial score (nSPS) is 13.9. The molecule has 1 rings (SSSR count). The minimum Gasteiger partial charge on any atom is -0.480 e. The maximum Gasteiger partial charge on any atom is 0.326 e. The Hall–Kier alpha value is -4.25. The van der Waals surface area contributed by atoms with Crippen LogP contribution in [0.1, 0.15) is 31.4 Å². The molecule has 0 saturated carbocycles. The number of nitrogens with two attached hydrogens (primary N) is 4. The molecule has 0 aliphatic rings. The highest BCUT2D eigenvalue weighted by Gasteiger charge is 2.30. The van der Waals surface area contributed by atoms with Crippen LogP contribution in [0.25, 0.3) is 0 Å². The number of carbonyl (C=O) groups is 5. The van der Waals surface area contributed by atoms with Crippen molar-refractivity contribution >= 4 is 35.6 Å². The molecule has 37 heavy (non-hydrogen) atoms. The molecule has 1 aromatic rings. The van der Waals surface area contributed by atoms with E-state index in [9.17, 15) is 29.1 Å². The second-order valence-corrected chi connectivity index (χ2v) is 8.05. The first kappa shape index (κ1) is 30.8. The summed E-state index contributed by atoms with van der Waals surface area (Å²) in [7, 11) is 0. The van der Waals surface area contributed by atoms with E-state index in [0.717, 1.165) is 0 Å². The highest BCUT2D eigenvalue weighted by atomic mass is 16.4. The van der Waals surface area contributed by atoms with Gasteiger partial charge in [-0.2, -0.15) is 0 Å². The van der Waals surface area contributed by atoms with E-state index in [-0.39, 0.29) is 44.6 Å². The number of nitrogens with one attached hydrogen (secondary N) is 4. The van der Waals surface area contributed by atoms with Gasteiger partial charge in [0.1, 0.15) is 24.2 Å². The summed E-state index contributed by atoms with van der Waals surface area (Å²) in [4.78, 5) is 71.3. The van der Waals surface area contributed by atoms with E-state index in [2.05, 4.69) is 30.9 Å². The molecule has 0 bridgehead atoms. The fraction of sp³-hybridized carbons (Fsp3) is 0.550. The molecule has 0 fully saturated rings. The Morgan fingerprint density at radius 1 is 0.973 bits per heavy atom. The maximum absolute atomic E-state index is 13.1. The number of amides is 4. The summed E-state index contributed by atoms with van der Waals surface area (Å²) in [5.74, 6) is -4.76. The number of aliphatic hydroxyl groups is 1. The Bertz CT molecular complexity index is 949. The summed E-state index contributed by atoms with van der Waals surface area (Å²) >= 11 is 0. The zero-order valence-electron chi connectivity index (χ0n) is 20.1. The molecule has 0 aliphatic heterocycles. The number of primary amides is 1. The molecule has 206 valence electrons. The van der Waals surface area contributed by atoms with Crippen LogP contribution in [0.15, 0.2) is 17.5 Å². The minimum atomic E-state index is -1.45. The number of carbonyl (C=O) groups excluding carboxylic acids is 4. The number of aromatic amines is 1. The van der Waals surface area contributed by atoms with Gasteiger partial charge in [0.15, 0.2) is 5.96 Å². The van der Waals surface area contributed by atoms with Crippen LogP contribution in [0.3, 0.4) is 0 Å². The Kier molecular flexibility index (Phi) is 13.0. The molecule has 4 amide bonds. The third kappa shape index (κ3) is 11.8. The Morgan fingerprint density at radius 2 is 1.59 bits per heavy atom. The number of aliphatic hydroxyl groups excluding tert-OH is 1.